The van der Waals surface area contributed by atoms with Crippen LogP contribution in [0.4, 0.5) is 4.39 Å². The fourth-order valence-electron chi connectivity index (χ4n) is 9.29. The van der Waals surface area contributed by atoms with Crippen LogP contribution in [0.15, 0.2) is 84.9 Å². The van der Waals surface area contributed by atoms with Crippen LogP contribution in [0.3, 0.4) is 0 Å². The van der Waals surface area contributed by atoms with Crippen LogP contribution < -0.4 is 5.32 Å². The van der Waals surface area contributed by atoms with Crippen molar-refractivity contribution in [2.75, 3.05) is 13.2 Å². The van der Waals surface area contributed by atoms with Crippen molar-refractivity contribution in [3.8, 4) is 0 Å². The van der Waals surface area contributed by atoms with E-state index in [1.54, 1.807) is 12.1 Å². The Balaban J connectivity index is 1.33. The van der Waals surface area contributed by atoms with E-state index in [1.165, 1.54) is 69.9 Å². The van der Waals surface area contributed by atoms with E-state index >= 15 is 0 Å². The van der Waals surface area contributed by atoms with Crippen molar-refractivity contribution in [2.24, 2.45) is 17.8 Å². The molecule has 0 bridgehead atoms. The average Bonchev–Trinajstić information content (AvgIpc) is 3.34. The monoisotopic (exact) mass is 930 g/mol. The van der Waals surface area contributed by atoms with Gasteiger partial charge in [0.05, 0.1) is 44.7 Å². The Bertz CT molecular complexity index is 1710. The molecule has 1 aliphatic heterocycles. The minimum atomic E-state index is -0.797. The van der Waals surface area contributed by atoms with Crippen LogP contribution >= 0.6 is 0 Å². The van der Waals surface area contributed by atoms with Crippen molar-refractivity contribution in [3.05, 3.63) is 107 Å². The van der Waals surface area contributed by atoms with E-state index in [-0.39, 0.29) is 42.1 Å². The molecule has 3 aromatic rings. The summed E-state index contributed by atoms with van der Waals surface area (Å²) in [5.74, 6) is 0.308. The molecule has 2 unspecified atom stereocenters. The quantitative estimate of drug-likeness (QED) is 0.0438. The first kappa shape index (κ1) is 56.1. The molecule has 3 aromatic carbocycles. The number of carbonyl (C=O) groups excluding carboxylic acids is 2. The van der Waals surface area contributed by atoms with Gasteiger partial charge in [-0.25, -0.2) is 4.39 Å². The largest absolute Gasteiger partial charge is 0.390 e. The Kier molecular flexibility index (Phi) is 28.4. The molecule has 67 heavy (non-hydrogen) atoms. The summed E-state index contributed by atoms with van der Waals surface area (Å²) in [5.41, 5.74) is 2.68. The van der Waals surface area contributed by atoms with E-state index in [9.17, 15) is 19.1 Å². The Labute approximate surface area is 404 Å². The van der Waals surface area contributed by atoms with E-state index in [0.717, 1.165) is 75.3 Å². The first-order chi connectivity index (χ1) is 32.7. The zero-order valence-corrected chi connectivity index (χ0v) is 41.9. The molecule has 2 N–H and O–H groups in total. The van der Waals surface area contributed by atoms with E-state index in [0.29, 0.717) is 50.6 Å². The Morgan fingerprint density at radius 3 is 1.75 bits per heavy atom. The van der Waals surface area contributed by atoms with Crippen LogP contribution in [0.1, 0.15) is 190 Å². The minimum absolute atomic E-state index is 0.0533. The molecule has 1 aliphatic rings. The van der Waals surface area contributed by atoms with Crippen molar-refractivity contribution in [1.29, 1.82) is 0 Å². The molecule has 8 nitrogen and oxygen atoms in total. The summed E-state index contributed by atoms with van der Waals surface area (Å²) in [5, 5.41) is 15.2. The number of rotatable bonds is 37. The summed E-state index contributed by atoms with van der Waals surface area (Å²) < 4.78 is 39.4. The highest BCUT2D eigenvalue weighted by atomic mass is 19.1. The van der Waals surface area contributed by atoms with Crippen LogP contribution in [0.5, 0.6) is 0 Å². The third kappa shape index (κ3) is 22.7. The zero-order valence-electron chi connectivity index (χ0n) is 41.9. The van der Waals surface area contributed by atoms with E-state index < -0.39 is 24.5 Å². The maximum atomic E-state index is 13.8. The second kappa shape index (κ2) is 33.9. The number of ether oxygens (including phenoxy) is 4. The van der Waals surface area contributed by atoms with Gasteiger partial charge in [-0.2, -0.15) is 0 Å². The lowest BCUT2D eigenvalue weighted by atomic mass is 9.79. The van der Waals surface area contributed by atoms with E-state index in [2.05, 4.69) is 45.1 Å². The highest BCUT2D eigenvalue weighted by Crippen LogP contribution is 2.36. The predicted molar refractivity (Wildman–Crippen MR) is 269 cm³/mol. The summed E-state index contributed by atoms with van der Waals surface area (Å²) in [6.07, 6.45) is 20.7. The van der Waals surface area contributed by atoms with Gasteiger partial charge in [-0.15, -0.1) is 0 Å². The maximum absolute atomic E-state index is 13.8. The molecule has 1 amide bonds. The minimum Gasteiger partial charge on any atom is -0.390 e. The van der Waals surface area contributed by atoms with Gasteiger partial charge in [-0.3, -0.25) is 9.59 Å². The van der Waals surface area contributed by atoms with Crippen LogP contribution in [-0.2, 0) is 37.0 Å². The van der Waals surface area contributed by atoms with Crippen LogP contribution in [-0.4, -0.2) is 60.7 Å². The topological polar surface area (TPSA) is 103 Å². The van der Waals surface area contributed by atoms with Crippen LogP contribution in [0.25, 0.3) is 0 Å². The molecule has 0 saturated carbocycles. The molecular weight excluding hydrogens is 842 g/mol. The molecular formula is C58H88FNO7. The zero-order chi connectivity index (χ0) is 47.9. The predicted octanol–water partition coefficient (Wildman–Crippen LogP) is 13.9. The fourth-order valence-corrected chi connectivity index (χ4v) is 9.29. The first-order valence-corrected chi connectivity index (χ1v) is 26.5. The molecule has 0 spiro atoms. The molecule has 9 heteroatoms. The lowest BCUT2D eigenvalue weighted by Crippen LogP contribution is -2.54. The van der Waals surface area contributed by atoms with Crippen LogP contribution in [0, 0.1) is 23.6 Å². The fraction of sp³-hybridized carbons (Fsp3) is 0.655. The number of amides is 1. The van der Waals surface area contributed by atoms with Gasteiger partial charge in [0.25, 0.3) is 0 Å². The van der Waals surface area contributed by atoms with Crippen molar-refractivity contribution in [3.63, 3.8) is 0 Å². The number of carbonyl (C=O) groups is 2. The number of Topliss-reactive ketones (excluding diaryl/α,β-unsaturated/α-hetero) is 1. The van der Waals surface area contributed by atoms with Gasteiger partial charge in [0.15, 0.2) is 12.1 Å². The lowest BCUT2D eigenvalue weighted by Gasteiger charge is -2.44. The molecule has 1 fully saturated rings. The molecule has 0 aliphatic carbocycles. The summed E-state index contributed by atoms with van der Waals surface area (Å²) in [4.78, 5) is 26.2. The lowest BCUT2D eigenvalue weighted by molar-refractivity contribution is -0.261. The second-order valence-electron chi connectivity index (χ2n) is 19.5. The van der Waals surface area contributed by atoms with Gasteiger partial charge >= 0.3 is 0 Å². The van der Waals surface area contributed by atoms with E-state index in [1.807, 2.05) is 48.5 Å². The number of halogens is 1. The summed E-state index contributed by atoms with van der Waals surface area (Å²) in [7, 11) is 0. The van der Waals surface area contributed by atoms with E-state index in [4.69, 9.17) is 18.9 Å². The number of benzene rings is 3. The molecule has 1 saturated heterocycles. The van der Waals surface area contributed by atoms with Gasteiger partial charge in [0.2, 0.25) is 5.91 Å². The van der Waals surface area contributed by atoms with Gasteiger partial charge in [-0.1, -0.05) is 198 Å². The summed E-state index contributed by atoms with van der Waals surface area (Å²) in [6, 6.07) is 25.3. The number of hydrogen-bond donors (Lipinski definition) is 2. The Morgan fingerprint density at radius 2 is 1.16 bits per heavy atom. The van der Waals surface area contributed by atoms with Crippen molar-refractivity contribution in [2.45, 2.75) is 213 Å². The molecule has 8 atom stereocenters. The normalized spacial score (nSPS) is 19.8. The standard InChI is InChI=1S/C58H88FNO7/c1-5-6-7-8-9-10-11-12-13-15-19-28-35-54(62)57(65-42-49-32-25-22-26-33-49)52(43-66-58-47(4)45(2)46(3)55(67-58)44-64-41-48-30-23-21-24-31-48)60-56(63)36-29-20-17-14-16-18-27-34-53(61)50-37-39-51(59)40-38-50/h21-26,30-33,37-40,45-47,52,54-55,57-58,62H,5-20,27-29,34-36,41-44H2,1-4H3,(H,60,63)/t45-,46+,47?,52-,54+,55?,57-,58-/m0/s1. The number of ketones is 1. The maximum Gasteiger partial charge on any atom is 0.220 e. The second-order valence-corrected chi connectivity index (χ2v) is 19.5. The third-order valence-corrected chi connectivity index (χ3v) is 14.1. The highest BCUT2D eigenvalue weighted by Gasteiger charge is 2.41. The summed E-state index contributed by atoms with van der Waals surface area (Å²) >= 11 is 0. The van der Waals surface area contributed by atoms with Gasteiger partial charge in [0, 0.05) is 24.3 Å². The SMILES string of the molecule is CCCCCCCCCCCCCC[C@@H](O)[C@@H](OCc1ccccc1)[C@H](CO[C@H]1OC(COCc2ccccc2)[C@H](C)[C@H](C)C1C)NC(=O)CCCCCCCCCC(=O)c1ccc(F)cc1. The molecule has 0 aromatic heterocycles. The molecule has 0 radical (unpaired) electrons. The van der Waals surface area contributed by atoms with Crippen molar-refractivity contribution in [1.82, 2.24) is 5.32 Å². The Morgan fingerprint density at radius 1 is 0.642 bits per heavy atom. The Hall–Kier alpha value is -3.47. The molecule has 4 rings (SSSR count). The van der Waals surface area contributed by atoms with Gasteiger partial charge < -0.3 is 29.4 Å². The number of unbranched alkanes of at least 4 members (excludes halogenated alkanes) is 17. The molecule has 1 heterocycles. The third-order valence-electron chi connectivity index (χ3n) is 14.1. The van der Waals surface area contributed by atoms with Crippen LogP contribution in [0.2, 0.25) is 0 Å². The highest BCUT2D eigenvalue weighted by molar-refractivity contribution is 5.95. The van der Waals surface area contributed by atoms with Crippen molar-refractivity contribution < 1.29 is 38.0 Å². The summed E-state index contributed by atoms with van der Waals surface area (Å²) in [6.45, 7) is 10.3. The van der Waals surface area contributed by atoms with Gasteiger partial charge in [-0.05, 0) is 66.5 Å². The molecule has 374 valence electrons. The number of hydrogen-bond acceptors (Lipinski definition) is 7. The van der Waals surface area contributed by atoms with Crippen molar-refractivity contribution >= 4 is 11.7 Å². The van der Waals surface area contributed by atoms with Gasteiger partial charge in [0.1, 0.15) is 11.9 Å². The smallest absolute Gasteiger partial charge is 0.220 e. The number of aliphatic hydroxyl groups excluding tert-OH is 1. The first-order valence-electron chi connectivity index (χ1n) is 26.5. The average molecular weight is 930 g/mol. The number of nitrogens with one attached hydrogen (secondary N) is 1. The number of aliphatic hydroxyl groups is 1.